The quantitative estimate of drug-likeness (QED) is 0.555. The summed E-state index contributed by atoms with van der Waals surface area (Å²) in [5.41, 5.74) is 1.10. The van der Waals surface area contributed by atoms with Gasteiger partial charge in [-0.3, -0.25) is 9.59 Å². The van der Waals surface area contributed by atoms with Crippen LogP contribution >= 0.6 is 0 Å². The Bertz CT molecular complexity index is 841. The van der Waals surface area contributed by atoms with E-state index in [1.165, 1.54) is 32.4 Å². The van der Waals surface area contributed by atoms with Gasteiger partial charge in [0.25, 0.3) is 0 Å². The molecule has 0 bridgehead atoms. The lowest BCUT2D eigenvalue weighted by molar-refractivity contribution is -0.116. The highest BCUT2D eigenvalue weighted by Crippen LogP contribution is 2.18. The van der Waals surface area contributed by atoms with Gasteiger partial charge in [0.15, 0.2) is 5.78 Å². The number of ether oxygens (including phenoxy) is 2. The minimum atomic E-state index is -0.644. The van der Waals surface area contributed by atoms with E-state index in [-0.39, 0.29) is 41.3 Å². The van der Waals surface area contributed by atoms with E-state index in [2.05, 4.69) is 14.8 Å². The average molecular weight is 383 g/mol. The molecule has 7 heteroatoms. The summed E-state index contributed by atoms with van der Waals surface area (Å²) in [5, 5.41) is 2.63. The maximum Gasteiger partial charge on any atom is 0.337 e. The van der Waals surface area contributed by atoms with Gasteiger partial charge in [-0.2, -0.15) is 0 Å². The SMILES string of the molecule is COC(=O)c1cc(NC(=O)CCCC(=O)c2ccccc2)cc(C(=O)OC)c1. The van der Waals surface area contributed by atoms with Crippen LogP contribution in [0.2, 0.25) is 0 Å². The molecule has 7 nitrogen and oxygen atoms in total. The maximum atomic E-state index is 12.2. The number of carbonyl (C=O) groups excluding carboxylic acids is 4. The van der Waals surface area contributed by atoms with Crippen molar-refractivity contribution in [3.8, 4) is 0 Å². The van der Waals surface area contributed by atoms with Gasteiger partial charge >= 0.3 is 11.9 Å². The van der Waals surface area contributed by atoms with E-state index in [9.17, 15) is 19.2 Å². The first-order valence-electron chi connectivity index (χ1n) is 8.64. The first-order chi connectivity index (χ1) is 13.4. The second-order valence-electron chi connectivity index (χ2n) is 5.97. The minimum Gasteiger partial charge on any atom is -0.465 e. The van der Waals surface area contributed by atoms with Crippen LogP contribution in [-0.4, -0.2) is 37.8 Å². The number of ketones is 1. The van der Waals surface area contributed by atoms with Gasteiger partial charge in [-0.15, -0.1) is 0 Å². The molecule has 146 valence electrons. The van der Waals surface area contributed by atoms with Gasteiger partial charge in [0.05, 0.1) is 25.3 Å². The number of anilines is 1. The number of esters is 2. The number of rotatable bonds is 8. The number of hydrogen-bond donors (Lipinski definition) is 1. The Kier molecular flexibility index (Phi) is 7.45. The normalized spacial score (nSPS) is 10.1. The second-order valence-corrected chi connectivity index (χ2v) is 5.97. The number of benzene rings is 2. The zero-order valence-corrected chi connectivity index (χ0v) is 15.7. The number of hydrogen-bond acceptors (Lipinski definition) is 6. The van der Waals surface area contributed by atoms with Crippen molar-refractivity contribution in [2.45, 2.75) is 19.3 Å². The molecule has 0 aliphatic rings. The standard InChI is InChI=1S/C21H21NO6/c1-27-20(25)15-11-16(21(26)28-2)13-17(12-15)22-19(24)10-6-9-18(23)14-7-4-3-5-8-14/h3-5,7-8,11-13H,6,9-10H2,1-2H3,(H,22,24). The van der Waals surface area contributed by atoms with Crippen molar-refractivity contribution >= 4 is 29.3 Å². The van der Waals surface area contributed by atoms with Gasteiger partial charge in [0.1, 0.15) is 0 Å². The van der Waals surface area contributed by atoms with Crippen LogP contribution in [0.25, 0.3) is 0 Å². The number of amides is 1. The molecule has 0 spiro atoms. The summed E-state index contributed by atoms with van der Waals surface area (Å²) in [7, 11) is 2.43. The van der Waals surface area contributed by atoms with Gasteiger partial charge in [-0.25, -0.2) is 9.59 Å². The summed E-state index contributed by atoms with van der Waals surface area (Å²) in [5.74, 6) is -1.66. The molecule has 0 saturated carbocycles. The third-order valence-corrected chi connectivity index (χ3v) is 3.96. The lowest BCUT2D eigenvalue weighted by Gasteiger charge is -2.09. The van der Waals surface area contributed by atoms with Gasteiger partial charge in [0.2, 0.25) is 5.91 Å². The number of nitrogens with one attached hydrogen (secondary N) is 1. The molecule has 0 aromatic heterocycles. The third-order valence-electron chi connectivity index (χ3n) is 3.96. The monoisotopic (exact) mass is 383 g/mol. The lowest BCUT2D eigenvalue weighted by Crippen LogP contribution is -2.14. The number of methoxy groups -OCH3 is 2. The van der Waals surface area contributed by atoms with E-state index in [4.69, 9.17) is 0 Å². The van der Waals surface area contributed by atoms with E-state index >= 15 is 0 Å². The summed E-state index contributed by atoms with van der Waals surface area (Å²) in [6.45, 7) is 0. The van der Waals surface area contributed by atoms with Crippen molar-refractivity contribution in [3.63, 3.8) is 0 Å². The summed E-state index contributed by atoms with van der Waals surface area (Å²) >= 11 is 0. The van der Waals surface area contributed by atoms with Crippen molar-refractivity contribution in [1.29, 1.82) is 0 Å². The van der Waals surface area contributed by atoms with Crippen LogP contribution in [0.1, 0.15) is 50.3 Å². The predicted molar refractivity (Wildman–Crippen MR) is 102 cm³/mol. The van der Waals surface area contributed by atoms with Crippen LogP contribution in [0.4, 0.5) is 5.69 Å². The maximum absolute atomic E-state index is 12.2. The van der Waals surface area contributed by atoms with Crippen LogP contribution < -0.4 is 5.32 Å². The van der Waals surface area contributed by atoms with Crippen LogP contribution in [0.15, 0.2) is 48.5 Å². The Morgan fingerprint density at radius 2 is 1.36 bits per heavy atom. The van der Waals surface area contributed by atoms with Crippen LogP contribution in [0.5, 0.6) is 0 Å². The minimum absolute atomic E-state index is 0.0333. The van der Waals surface area contributed by atoms with Crippen molar-refractivity contribution in [3.05, 3.63) is 65.2 Å². The first kappa shape index (κ1) is 20.8. The Balaban J connectivity index is 1.99. The molecule has 1 amide bonds. The average Bonchev–Trinajstić information content (AvgIpc) is 2.72. The summed E-state index contributed by atoms with van der Waals surface area (Å²) < 4.78 is 9.31. The first-order valence-corrected chi connectivity index (χ1v) is 8.64. The van der Waals surface area contributed by atoms with Gasteiger partial charge < -0.3 is 14.8 Å². The van der Waals surface area contributed by atoms with Crippen LogP contribution in [-0.2, 0) is 14.3 Å². The van der Waals surface area contributed by atoms with E-state index in [1.807, 2.05) is 6.07 Å². The molecule has 0 aliphatic carbocycles. The molecule has 2 aromatic carbocycles. The zero-order chi connectivity index (χ0) is 20.5. The third kappa shape index (κ3) is 5.77. The molecule has 0 heterocycles. The van der Waals surface area contributed by atoms with Crippen molar-refractivity contribution in [2.75, 3.05) is 19.5 Å². The molecule has 28 heavy (non-hydrogen) atoms. The highest BCUT2D eigenvalue weighted by atomic mass is 16.5. The van der Waals surface area contributed by atoms with E-state index < -0.39 is 11.9 Å². The molecular formula is C21H21NO6. The van der Waals surface area contributed by atoms with Crippen molar-refractivity contribution < 1.29 is 28.7 Å². The highest BCUT2D eigenvalue weighted by Gasteiger charge is 2.15. The fourth-order valence-corrected chi connectivity index (χ4v) is 2.57. The zero-order valence-electron chi connectivity index (χ0n) is 15.7. The smallest absolute Gasteiger partial charge is 0.337 e. The molecule has 0 saturated heterocycles. The van der Waals surface area contributed by atoms with Crippen LogP contribution in [0.3, 0.4) is 0 Å². The Hall–Kier alpha value is -3.48. The highest BCUT2D eigenvalue weighted by molar-refractivity contribution is 6.00. The van der Waals surface area contributed by atoms with E-state index in [0.717, 1.165) is 0 Å². The van der Waals surface area contributed by atoms with Gasteiger partial charge in [0, 0.05) is 24.1 Å². The Morgan fingerprint density at radius 1 is 0.786 bits per heavy atom. The molecule has 2 rings (SSSR count). The molecule has 0 radical (unpaired) electrons. The summed E-state index contributed by atoms with van der Waals surface area (Å²) in [6.07, 6.45) is 0.738. The van der Waals surface area contributed by atoms with Crippen molar-refractivity contribution in [2.24, 2.45) is 0 Å². The molecule has 0 aliphatic heterocycles. The largest absolute Gasteiger partial charge is 0.465 e. The van der Waals surface area contributed by atoms with Crippen LogP contribution in [0, 0.1) is 0 Å². The Labute approximate surface area is 162 Å². The topological polar surface area (TPSA) is 98.8 Å². The fourth-order valence-electron chi connectivity index (χ4n) is 2.57. The number of Topliss-reactive ketones (excluding diaryl/α,β-unsaturated/α-hetero) is 1. The molecule has 1 N–H and O–H groups in total. The number of carbonyl (C=O) groups is 4. The van der Waals surface area contributed by atoms with Crippen molar-refractivity contribution in [1.82, 2.24) is 0 Å². The molecule has 0 fully saturated rings. The van der Waals surface area contributed by atoms with Gasteiger partial charge in [-0.05, 0) is 24.6 Å². The predicted octanol–water partition coefficient (Wildman–Crippen LogP) is 3.25. The van der Waals surface area contributed by atoms with Gasteiger partial charge in [-0.1, -0.05) is 30.3 Å². The molecule has 2 aromatic rings. The molecule has 0 unspecified atom stereocenters. The Morgan fingerprint density at radius 3 is 1.89 bits per heavy atom. The molecule has 0 atom stereocenters. The fraction of sp³-hybridized carbons (Fsp3) is 0.238. The summed E-state index contributed by atoms with van der Waals surface area (Å²) in [4.78, 5) is 47.8. The second kappa shape index (κ2) is 10.0. The summed E-state index contributed by atoms with van der Waals surface area (Å²) in [6, 6.07) is 13.0. The van der Waals surface area contributed by atoms with E-state index in [0.29, 0.717) is 12.0 Å². The van der Waals surface area contributed by atoms with E-state index in [1.54, 1.807) is 24.3 Å². The lowest BCUT2D eigenvalue weighted by atomic mass is 10.1. The molecular weight excluding hydrogens is 362 g/mol.